The Labute approximate surface area is 186 Å². The molecule has 1 aliphatic heterocycles. The molecule has 2 aliphatic rings. The molecule has 0 spiro atoms. The predicted molar refractivity (Wildman–Crippen MR) is 117 cm³/mol. The topological polar surface area (TPSA) is 125 Å². The van der Waals surface area contributed by atoms with Gasteiger partial charge in [-0.2, -0.15) is 5.10 Å². The summed E-state index contributed by atoms with van der Waals surface area (Å²) in [6, 6.07) is 5.98. The number of nitrogens with zero attached hydrogens (tertiary/aromatic N) is 3. The molecule has 2 heterocycles. The average molecular weight is 443 g/mol. The van der Waals surface area contributed by atoms with Gasteiger partial charge < -0.3 is 20.4 Å². The molecular weight excluding hydrogens is 412 g/mol. The van der Waals surface area contributed by atoms with E-state index in [1.54, 1.807) is 29.2 Å². The first-order chi connectivity index (χ1) is 15.1. The maximum absolute atomic E-state index is 13.3. The average Bonchev–Trinajstić information content (AvgIpc) is 3.22. The van der Waals surface area contributed by atoms with Crippen LogP contribution >= 0.6 is 0 Å². The number of carboxylic acids is 1. The largest absolute Gasteiger partial charge is 0.476 e. The number of aliphatic hydroxyl groups excluding tert-OH is 1. The Morgan fingerprint density at radius 3 is 2.59 bits per heavy atom. The second-order valence-corrected chi connectivity index (χ2v) is 10.1. The summed E-state index contributed by atoms with van der Waals surface area (Å²) in [5.41, 5.74) is 0.412. The summed E-state index contributed by atoms with van der Waals surface area (Å²) in [6.45, 7) is 5.84. The summed E-state index contributed by atoms with van der Waals surface area (Å²) in [5, 5.41) is 26.7. The number of rotatable bonds is 7. The molecule has 3 N–H and O–H groups in total. The van der Waals surface area contributed by atoms with Crippen LogP contribution in [0.25, 0.3) is 10.9 Å². The van der Waals surface area contributed by atoms with Crippen molar-refractivity contribution in [2.45, 2.75) is 64.7 Å². The number of nitrogens with one attached hydrogen (secondary N) is 1. The Kier molecular flexibility index (Phi) is 5.70. The van der Waals surface area contributed by atoms with Gasteiger partial charge in [0, 0.05) is 11.4 Å². The van der Waals surface area contributed by atoms with E-state index in [-0.39, 0.29) is 48.2 Å². The number of carbonyl (C=O) groups excluding carboxylic acids is 2. The molecule has 1 aromatic heterocycles. The van der Waals surface area contributed by atoms with Crippen LogP contribution in [0.4, 0.5) is 0 Å². The summed E-state index contributed by atoms with van der Waals surface area (Å²) in [5.74, 6) is -1.34. The van der Waals surface area contributed by atoms with E-state index < -0.39 is 12.0 Å². The molecule has 1 aliphatic carbocycles. The van der Waals surface area contributed by atoms with E-state index in [0.29, 0.717) is 29.7 Å². The SMILES string of the molecule is CC(C)(C)C[C@H](CO)NC(=O)[C@@H]1C[C@H]2C[C@H]2N1C(=O)Cn1nc(C(=O)O)c2ccccc21. The second kappa shape index (κ2) is 8.20. The molecule has 1 saturated carbocycles. The molecule has 2 amide bonds. The second-order valence-electron chi connectivity index (χ2n) is 10.1. The number of para-hydroxylation sites is 1. The van der Waals surface area contributed by atoms with Crippen molar-refractivity contribution in [2.24, 2.45) is 11.3 Å². The van der Waals surface area contributed by atoms with E-state index in [4.69, 9.17) is 0 Å². The molecule has 4 atom stereocenters. The number of amides is 2. The Hall–Kier alpha value is -2.94. The van der Waals surface area contributed by atoms with Crippen molar-refractivity contribution in [1.82, 2.24) is 20.0 Å². The molecule has 0 unspecified atom stereocenters. The van der Waals surface area contributed by atoms with E-state index >= 15 is 0 Å². The zero-order chi connectivity index (χ0) is 23.2. The number of aliphatic hydroxyl groups is 1. The molecule has 1 saturated heterocycles. The fraction of sp³-hybridized carbons (Fsp3) is 0.565. The number of carboxylic acid groups (broad SMARTS) is 1. The van der Waals surface area contributed by atoms with Crippen LogP contribution in [0, 0.1) is 11.3 Å². The minimum absolute atomic E-state index is 0.0363. The quantitative estimate of drug-likeness (QED) is 0.599. The molecule has 0 bridgehead atoms. The van der Waals surface area contributed by atoms with Gasteiger partial charge in [0.25, 0.3) is 0 Å². The predicted octanol–water partition coefficient (Wildman–Crippen LogP) is 1.64. The van der Waals surface area contributed by atoms with Gasteiger partial charge in [0.15, 0.2) is 5.69 Å². The molecule has 9 heteroatoms. The third kappa shape index (κ3) is 4.34. The highest BCUT2D eigenvalue weighted by molar-refractivity contribution is 6.01. The Morgan fingerprint density at radius 2 is 1.94 bits per heavy atom. The number of hydrogen-bond donors (Lipinski definition) is 3. The lowest BCUT2D eigenvalue weighted by molar-refractivity contribution is -0.140. The van der Waals surface area contributed by atoms with Crippen LogP contribution in [0.5, 0.6) is 0 Å². The summed E-state index contributed by atoms with van der Waals surface area (Å²) < 4.78 is 1.40. The van der Waals surface area contributed by atoms with Crippen molar-refractivity contribution >= 4 is 28.7 Å². The third-order valence-corrected chi connectivity index (χ3v) is 6.27. The number of fused-ring (bicyclic) bond motifs is 2. The van der Waals surface area contributed by atoms with Gasteiger partial charge in [0.2, 0.25) is 11.8 Å². The fourth-order valence-corrected chi connectivity index (χ4v) is 4.86. The van der Waals surface area contributed by atoms with Crippen molar-refractivity contribution in [2.75, 3.05) is 6.61 Å². The molecular formula is C23H30N4O5. The Bertz CT molecular complexity index is 1060. The van der Waals surface area contributed by atoms with Gasteiger partial charge in [-0.15, -0.1) is 0 Å². The molecule has 2 aromatic rings. The first kappa shape index (κ1) is 22.3. The minimum atomic E-state index is -1.15. The lowest BCUT2D eigenvalue weighted by atomic mass is 9.88. The van der Waals surface area contributed by atoms with Crippen LogP contribution < -0.4 is 5.32 Å². The fourth-order valence-electron chi connectivity index (χ4n) is 4.86. The number of piperidine rings is 1. The standard InChI is InChI=1S/C23H30N4O5/c1-23(2,3)10-14(12-28)24-21(30)18-9-13-8-17(13)27(18)19(29)11-26-16-7-5-4-6-15(16)20(25-26)22(31)32/h4-7,13-14,17-18,28H,8-12H2,1-3H3,(H,24,30)(H,31,32)/t13-,14-,17-,18+/m1/s1. The van der Waals surface area contributed by atoms with E-state index in [2.05, 4.69) is 10.4 Å². The van der Waals surface area contributed by atoms with Gasteiger partial charge in [-0.3, -0.25) is 14.3 Å². The minimum Gasteiger partial charge on any atom is -0.476 e. The summed E-state index contributed by atoms with van der Waals surface area (Å²) >= 11 is 0. The summed E-state index contributed by atoms with van der Waals surface area (Å²) in [4.78, 5) is 39.5. The number of likely N-dealkylation sites (tertiary alicyclic amines) is 1. The maximum atomic E-state index is 13.3. The van der Waals surface area contributed by atoms with Crippen LogP contribution in [-0.2, 0) is 16.1 Å². The number of hydrogen-bond acceptors (Lipinski definition) is 5. The number of carbonyl (C=O) groups is 3. The highest BCUT2D eigenvalue weighted by Gasteiger charge is 2.56. The van der Waals surface area contributed by atoms with Crippen molar-refractivity contribution in [3.05, 3.63) is 30.0 Å². The normalized spacial score (nSPS) is 23.1. The lowest BCUT2D eigenvalue weighted by Gasteiger charge is -2.30. The third-order valence-electron chi connectivity index (χ3n) is 6.27. The van der Waals surface area contributed by atoms with Crippen LogP contribution in [0.2, 0.25) is 0 Å². The monoisotopic (exact) mass is 442 g/mol. The molecule has 4 rings (SSSR count). The smallest absolute Gasteiger partial charge is 0.357 e. The maximum Gasteiger partial charge on any atom is 0.357 e. The number of aromatic nitrogens is 2. The number of aromatic carboxylic acids is 1. The number of benzene rings is 1. The Morgan fingerprint density at radius 1 is 1.22 bits per heavy atom. The van der Waals surface area contributed by atoms with E-state index in [1.165, 1.54) is 4.68 Å². The van der Waals surface area contributed by atoms with Crippen LogP contribution in [0.3, 0.4) is 0 Å². The molecule has 172 valence electrons. The van der Waals surface area contributed by atoms with Crippen molar-refractivity contribution in [1.29, 1.82) is 0 Å². The van der Waals surface area contributed by atoms with Gasteiger partial charge in [-0.25, -0.2) is 4.79 Å². The molecule has 32 heavy (non-hydrogen) atoms. The Balaban J connectivity index is 1.51. The molecule has 0 radical (unpaired) electrons. The highest BCUT2D eigenvalue weighted by Crippen LogP contribution is 2.48. The van der Waals surface area contributed by atoms with Gasteiger partial charge in [0.05, 0.1) is 18.2 Å². The van der Waals surface area contributed by atoms with Crippen LogP contribution in [-0.4, -0.2) is 67.4 Å². The van der Waals surface area contributed by atoms with Crippen molar-refractivity contribution in [3.63, 3.8) is 0 Å². The van der Waals surface area contributed by atoms with Gasteiger partial charge >= 0.3 is 5.97 Å². The molecule has 1 aromatic carbocycles. The highest BCUT2D eigenvalue weighted by atomic mass is 16.4. The summed E-state index contributed by atoms with van der Waals surface area (Å²) in [7, 11) is 0. The van der Waals surface area contributed by atoms with E-state index in [9.17, 15) is 24.6 Å². The first-order valence-corrected chi connectivity index (χ1v) is 11.0. The molecule has 2 fully saturated rings. The first-order valence-electron chi connectivity index (χ1n) is 11.0. The van der Waals surface area contributed by atoms with Crippen molar-refractivity contribution in [3.8, 4) is 0 Å². The van der Waals surface area contributed by atoms with E-state index in [0.717, 1.165) is 6.42 Å². The van der Waals surface area contributed by atoms with Gasteiger partial charge in [-0.1, -0.05) is 39.0 Å². The lowest BCUT2D eigenvalue weighted by Crippen LogP contribution is -2.52. The van der Waals surface area contributed by atoms with Crippen LogP contribution in [0.15, 0.2) is 24.3 Å². The molecule has 9 nitrogen and oxygen atoms in total. The summed E-state index contributed by atoms with van der Waals surface area (Å²) in [6.07, 6.45) is 2.11. The van der Waals surface area contributed by atoms with E-state index in [1.807, 2.05) is 20.8 Å². The van der Waals surface area contributed by atoms with Crippen molar-refractivity contribution < 1.29 is 24.6 Å². The zero-order valence-corrected chi connectivity index (χ0v) is 18.6. The zero-order valence-electron chi connectivity index (χ0n) is 18.6. The van der Waals surface area contributed by atoms with Gasteiger partial charge in [-0.05, 0) is 36.7 Å². The van der Waals surface area contributed by atoms with Crippen LogP contribution in [0.1, 0.15) is 50.5 Å². The van der Waals surface area contributed by atoms with Gasteiger partial charge in [0.1, 0.15) is 12.6 Å².